The molecular weight excluding hydrogens is 220 g/mol. The smallest absolute Gasteiger partial charge is 0.338 e. The van der Waals surface area contributed by atoms with Crippen LogP contribution >= 0.6 is 0 Å². The summed E-state index contributed by atoms with van der Waals surface area (Å²) in [4.78, 5) is 21.6. The Morgan fingerprint density at radius 1 is 1.29 bits per heavy atom. The zero-order chi connectivity index (χ0) is 12.8. The SMILES string of the molecule is C=C(C)C(=O)Oc1ccc(CCC(=O)O)cc1. The number of carboxylic acid groups (broad SMARTS) is 1. The molecule has 0 saturated heterocycles. The van der Waals surface area contributed by atoms with E-state index in [1.54, 1.807) is 31.2 Å². The predicted octanol–water partition coefficient (Wildman–Crippen LogP) is 2.19. The van der Waals surface area contributed by atoms with Gasteiger partial charge in [0.05, 0.1) is 0 Å². The molecule has 0 aliphatic carbocycles. The third kappa shape index (κ3) is 4.51. The lowest BCUT2D eigenvalue weighted by atomic mass is 10.1. The second-order valence-corrected chi connectivity index (χ2v) is 3.71. The van der Waals surface area contributed by atoms with Crippen LogP contribution < -0.4 is 4.74 Å². The lowest BCUT2D eigenvalue weighted by molar-refractivity contribution is -0.137. The first kappa shape index (κ1) is 13.0. The average Bonchev–Trinajstić information content (AvgIpc) is 2.28. The first-order chi connectivity index (χ1) is 7.99. The fraction of sp³-hybridized carbons (Fsp3) is 0.231. The summed E-state index contributed by atoms with van der Waals surface area (Å²) in [5.41, 5.74) is 1.22. The maximum atomic E-state index is 11.2. The van der Waals surface area contributed by atoms with E-state index < -0.39 is 11.9 Å². The van der Waals surface area contributed by atoms with E-state index >= 15 is 0 Å². The van der Waals surface area contributed by atoms with Crippen molar-refractivity contribution in [3.63, 3.8) is 0 Å². The molecule has 1 aromatic rings. The summed E-state index contributed by atoms with van der Waals surface area (Å²) in [5, 5.41) is 8.53. The van der Waals surface area contributed by atoms with Crippen LogP contribution in [0.1, 0.15) is 18.9 Å². The van der Waals surface area contributed by atoms with E-state index in [9.17, 15) is 9.59 Å². The Morgan fingerprint density at radius 3 is 2.35 bits per heavy atom. The van der Waals surface area contributed by atoms with Gasteiger partial charge in [-0.2, -0.15) is 0 Å². The van der Waals surface area contributed by atoms with Crippen LogP contribution in [-0.4, -0.2) is 17.0 Å². The molecule has 0 bridgehead atoms. The maximum Gasteiger partial charge on any atom is 0.338 e. The largest absolute Gasteiger partial charge is 0.481 e. The molecule has 0 amide bonds. The minimum absolute atomic E-state index is 0.0882. The average molecular weight is 234 g/mol. The molecule has 4 heteroatoms. The molecule has 0 saturated carbocycles. The van der Waals surface area contributed by atoms with Crippen molar-refractivity contribution in [1.82, 2.24) is 0 Å². The topological polar surface area (TPSA) is 63.6 Å². The third-order valence-corrected chi connectivity index (χ3v) is 2.11. The molecular formula is C13H14O4. The number of ether oxygens (including phenoxy) is 1. The number of rotatable bonds is 5. The Hall–Kier alpha value is -2.10. The van der Waals surface area contributed by atoms with Crippen LogP contribution in [0.3, 0.4) is 0 Å². The third-order valence-electron chi connectivity index (χ3n) is 2.11. The summed E-state index contributed by atoms with van der Waals surface area (Å²) in [7, 11) is 0. The van der Waals surface area contributed by atoms with Gasteiger partial charge in [0.25, 0.3) is 0 Å². The zero-order valence-electron chi connectivity index (χ0n) is 9.60. The number of benzene rings is 1. The lowest BCUT2D eigenvalue weighted by Crippen LogP contribution is -2.08. The van der Waals surface area contributed by atoms with Gasteiger partial charge in [-0.3, -0.25) is 4.79 Å². The van der Waals surface area contributed by atoms with Gasteiger partial charge in [-0.15, -0.1) is 0 Å². The van der Waals surface area contributed by atoms with Gasteiger partial charge in [-0.1, -0.05) is 18.7 Å². The van der Waals surface area contributed by atoms with Gasteiger partial charge in [0.15, 0.2) is 0 Å². The van der Waals surface area contributed by atoms with Crippen molar-refractivity contribution < 1.29 is 19.4 Å². The fourth-order valence-electron chi connectivity index (χ4n) is 1.17. The van der Waals surface area contributed by atoms with E-state index in [4.69, 9.17) is 9.84 Å². The van der Waals surface area contributed by atoms with Crippen LogP contribution in [-0.2, 0) is 16.0 Å². The van der Waals surface area contributed by atoms with E-state index in [0.717, 1.165) is 5.56 Å². The van der Waals surface area contributed by atoms with Crippen LogP contribution in [0.25, 0.3) is 0 Å². The molecule has 0 fully saturated rings. The van der Waals surface area contributed by atoms with Gasteiger partial charge in [-0.25, -0.2) is 4.79 Å². The van der Waals surface area contributed by atoms with Crippen molar-refractivity contribution in [1.29, 1.82) is 0 Å². The van der Waals surface area contributed by atoms with Crippen molar-refractivity contribution in [2.75, 3.05) is 0 Å². The van der Waals surface area contributed by atoms with Crippen molar-refractivity contribution in [2.45, 2.75) is 19.8 Å². The summed E-state index contributed by atoms with van der Waals surface area (Å²) in [6.07, 6.45) is 0.551. The summed E-state index contributed by atoms with van der Waals surface area (Å²) in [5.74, 6) is -0.872. The normalized spacial score (nSPS) is 9.71. The van der Waals surface area contributed by atoms with Gasteiger partial charge >= 0.3 is 11.9 Å². The molecule has 0 aromatic heterocycles. The summed E-state index contributed by atoms with van der Waals surface area (Å²) in [6.45, 7) is 5.05. The molecule has 0 aliphatic heterocycles. The molecule has 1 N–H and O–H groups in total. The van der Waals surface area contributed by atoms with Gasteiger partial charge in [0.1, 0.15) is 5.75 Å². The van der Waals surface area contributed by atoms with E-state index in [1.807, 2.05) is 0 Å². The van der Waals surface area contributed by atoms with Crippen LogP contribution in [0.15, 0.2) is 36.4 Å². The van der Waals surface area contributed by atoms with Gasteiger partial charge in [0, 0.05) is 12.0 Å². The fourth-order valence-corrected chi connectivity index (χ4v) is 1.17. The molecule has 1 rings (SSSR count). The molecule has 0 radical (unpaired) electrons. The van der Waals surface area contributed by atoms with Crippen LogP contribution in [0.4, 0.5) is 0 Å². The quantitative estimate of drug-likeness (QED) is 0.482. The molecule has 0 spiro atoms. The van der Waals surface area contributed by atoms with Crippen LogP contribution in [0.5, 0.6) is 5.75 Å². The number of esters is 1. The molecule has 1 aromatic carbocycles. The van der Waals surface area contributed by atoms with Gasteiger partial charge in [0.2, 0.25) is 0 Å². The minimum Gasteiger partial charge on any atom is -0.481 e. The molecule has 0 heterocycles. The van der Waals surface area contributed by atoms with Crippen molar-refractivity contribution in [2.24, 2.45) is 0 Å². The first-order valence-corrected chi connectivity index (χ1v) is 5.17. The number of hydrogen-bond donors (Lipinski definition) is 1. The number of aliphatic carboxylic acids is 1. The monoisotopic (exact) mass is 234 g/mol. The highest BCUT2D eigenvalue weighted by molar-refractivity contribution is 5.88. The Balaban J connectivity index is 2.58. The van der Waals surface area contributed by atoms with Crippen molar-refractivity contribution >= 4 is 11.9 Å². The molecule has 0 aliphatic rings. The maximum absolute atomic E-state index is 11.2. The number of carbonyl (C=O) groups is 2. The van der Waals surface area contributed by atoms with Crippen molar-refractivity contribution in [3.05, 3.63) is 42.0 Å². The Morgan fingerprint density at radius 2 is 1.88 bits per heavy atom. The lowest BCUT2D eigenvalue weighted by Gasteiger charge is -2.04. The summed E-state index contributed by atoms with van der Waals surface area (Å²) < 4.78 is 5.00. The van der Waals surface area contributed by atoms with E-state index in [-0.39, 0.29) is 6.42 Å². The standard InChI is InChI=1S/C13H14O4/c1-9(2)13(16)17-11-6-3-10(4-7-11)5-8-12(14)15/h3-4,6-7H,1,5,8H2,2H3,(H,14,15). The van der Waals surface area contributed by atoms with E-state index in [2.05, 4.69) is 6.58 Å². The number of carbonyl (C=O) groups excluding carboxylic acids is 1. The second-order valence-electron chi connectivity index (χ2n) is 3.71. The predicted molar refractivity (Wildman–Crippen MR) is 62.8 cm³/mol. The number of carboxylic acids is 1. The Bertz CT molecular complexity index is 431. The highest BCUT2D eigenvalue weighted by atomic mass is 16.5. The Labute approximate surface area is 99.5 Å². The second kappa shape index (κ2) is 5.84. The van der Waals surface area contributed by atoms with Crippen LogP contribution in [0, 0.1) is 0 Å². The number of aryl methyl sites for hydroxylation is 1. The molecule has 17 heavy (non-hydrogen) atoms. The molecule has 4 nitrogen and oxygen atoms in total. The van der Waals surface area contributed by atoms with Crippen LogP contribution in [0.2, 0.25) is 0 Å². The number of hydrogen-bond acceptors (Lipinski definition) is 3. The van der Waals surface area contributed by atoms with E-state index in [1.165, 1.54) is 0 Å². The first-order valence-electron chi connectivity index (χ1n) is 5.17. The highest BCUT2D eigenvalue weighted by Gasteiger charge is 2.05. The van der Waals surface area contributed by atoms with Crippen molar-refractivity contribution in [3.8, 4) is 5.75 Å². The van der Waals surface area contributed by atoms with Gasteiger partial charge < -0.3 is 9.84 Å². The highest BCUT2D eigenvalue weighted by Crippen LogP contribution is 2.14. The summed E-state index contributed by atoms with van der Waals surface area (Å²) >= 11 is 0. The molecule has 90 valence electrons. The van der Waals surface area contributed by atoms with Gasteiger partial charge in [-0.05, 0) is 31.0 Å². The molecule has 0 unspecified atom stereocenters. The van der Waals surface area contributed by atoms with E-state index in [0.29, 0.717) is 17.7 Å². The minimum atomic E-state index is -0.831. The molecule has 0 atom stereocenters. The zero-order valence-corrected chi connectivity index (χ0v) is 9.60. The summed E-state index contributed by atoms with van der Waals surface area (Å²) in [6, 6.07) is 6.75. The Kier molecular flexibility index (Phi) is 4.46.